The van der Waals surface area contributed by atoms with Crippen molar-refractivity contribution in [3.05, 3.63) is 6.42 Å². The van der Waals surface area contributed by atoms with Crippen molar-refractivity contribution in [2.75, 3.05) is 0 Å². The van der Waals surface area contributed by atoms with Gasteiger partial charge in [-0.2, -0.15) is 6.92 Å². The molecule has 0 fully saturated rings. The van der Waals surface area contributed by atoms with E-state index >= 15 is 0 Å². The van der Waals surface area contributed by atoms with Crippen molar-refractivity contribution in [1.29, 1.82) is 0 Å². The number of halogens is 1. The van der Waals surface area contributed by atoms with Gasteiger partial charge < -0.3 is 5.11 Å². The van der Waals surface area contributed by atoms with Gasteiger partial charge >= 0.3 is 30.0 Å². The van der Waals surface area contributed by atoms with E-state index < -0.39 is 5.97 Å². The fourth-order valence-electron chi connectivity index (χ4n) is 0. The van der Waals surface area contributed by atoms with Crippen LogP contribution < -0.4 is 0 Å². The van der Waals surface area contributed by atoms with Gasteiger partial charge in [0.2, 0.25) is 0 Å². The number of aliphatic carboxylic acids is 1. The molecule has 38 valence electrons. The fraction of sp³-hybridized carbons (Fsp3) is 0.333. The summed E-state index contributed by atoms with van der Waals surface area (Å²) in [5.74, 6) is -0.870. The summed E-state index contributed by atoms with van der Waals surface area (Å²) in [7, 11) is 0. The van der Waals surface area contributed by atoms with Crippen molar-refractivity contribution in [1.82, 2.24) is 0 Å². The second kappa shape index (κ2) is 9.67. The number of carboxylic acid groups (broad SMARTS) is 1. The van der Waals surface area contributed by atoms with Crippen molar-refractivity contribution in [3.63, 3.8) is 0 Å². The Balaban J connectivity index is 0. The number of rotatable bonds is 1. The Bertz CT molecular complexity index is 48.2. The number of hydrogen-bond acceptors (Lipinski definition) is 1. The predicted octanol–water partition coefficient (Wildman–Crippen LogP) is 1.14. The molecule has 0 saturated carbocycles. The van der Waals surface area contributed by atoms with E-state index in [0.717, 1.165) is 6.42 Å². The zero-order chi connectivity index (χ0) is 6.28. The SMILES string of the molecule is C[CH-]C(=O)O.[Zn+][Br]. The molecule has 0 heterocycles. The van der Waals surface area contributed by atoms with Gasteiger partial charge in [-0.15, -0.1) is 0 Å². The van der Waals surface area contributed by atoms with Crippen LogP contribution in [0.4, 0.5) is 0 Å². The van der Waals surface area contributed by atoms with Crippen molar-refractivity contribution in [3.8, 4) is 0 Å². The molecular weight excluding hydrogens is 213 g/mol. The van der Waals surface area contributed by atoms with Crippen LogP contribution in [0.1, 0.15) is 6.92 Å². The van der Waals surface area contributed by atoms with Crippen LogP contribution in [0.3, 0.4) is 0 Å². The Morgan fingerprint density at radius 2 is 2.00 bits per heavy atom. The van der Waals surface area contributed by atoms with Crippen LogP contribution in [0.2, 0.25) is 0 Å². The molecule has 0 atom stereocenters. The van der Waals surface area contributed by atoms with Gasteiger partial charge in [-0.25, -0.2) is 0 Å². The summed E-state index contributed by atoms with van der Waals surface area (Å²) in [6, 6.07) is 0. The van der Waals surface area contributed by atoms with Crippen molar-refractivity contribution in [2.45, 2.75) is 6.92 Å². The van der Waals surface area contributed by atoms with E-state index in [9.17, 15) is 4.79 Å². The summed E-state index contributed by atoms with van der Waals surface area (Å²) in [4.78, 5) is 9.31. The molecule has 0 aromatic heterocycles. The molecule has 4 heteroatoms. The predicted molar refractivity (Wildman–Crippen MR) is 26.5 cm³/mol. The number of carboxylic acids is 1. The van der Waals surface area contributed by atoms with E-state index in [0.29, 0.717) is 0 Å². The van der Waals surface area contributed by atoms with Gasteiger partial charge in [0.1, 0.15) is 0 Å². The van der Waals surface area contributed by atoms with Gasteiger partial charge in [0.15, 0.2) is 5.97 Å². The van der Waals surface area contributed by atoms with E-state index in [4.69, 9.17) is 5.11 Å². The Morgan fingerprint density at radius 1 is 1.86 bits per heavy atom. The Labute approximate surface area is 59.3 Å². The molecule has 0 saturated heterocycles. The molecule has 0 aliphatic carbocycles. The Morgan fingerprint density at radius 3 is 2.00 bits per heavy atom. The second-order valence-electron chi connectivity index (χ2n) is 0.627. The first-order chi connectivity index (χ1) is 3.27. The van der Waals surface area contributed by atoms with Gasteiger partial charge in [-0.1, -0.05) is 0 Å². The Hall–Kier alpha value is 0.443. The van der Waals surface area contributed by atoms with Crippen molar-refractivity contribution >= 4 is 19.6 Å². The summed E-state index contributed by atoms with van der Waals surface area (Å²) in [6.45, 7) is 1.47. The molecular formula is C3H5BrO2Zn. The van der Waals surface area contributed by atoms with Crippen LogP contribution in [0.5, 0.6) is 0 Å². The van der Waals surface area contributed by atoms with E-state index in [1.807, 2.05) is 0 Å². The molecule has 0 radical (unpaired) electrons. The molecule has 0 unspecified atom stereocenters. The van der Waals surface area contributed by atoms with E-state index in [2.05, 4.69) is 13.6 Å². The van der Waals surface area contributed by atoms with E-state index in [1.165, 1.54) is 23.3 Å². The third-order valence-corrected chi connectivity index (χ3v) is 0.247. The van der Waals surface area contributed by atoms with Crippen LogP contribution in [0.25, 0.3) is 0 Å². The standard InChI is InChI=1S/C3H5O2.BrH.Zn/c1-2-3(4)5;;/h2H,1H3,(H,4,5);1H;/q-1;;+2/p-1. The van der Waals surface area contributed by atoms with E-state index in [1.54, 1.807) is 0 Å². The van der Waals surface area contributed by atoms with Gasteiger partial charge in [0, 0.05) is 0 Å². The first-order valence-electron chi connectivity index (χ1n) is 1.56. The van der Waals surface area contributed by atoms with Crippen LogP contribution in [0.15, 0.2) is 0 Å². The monoisotopic (exact) mass is 216 g/mol. The molecule has 0 spiro atoms. The van der Waals surface area contributed by atoms with Crippen molar-refractivity contribution in [2.24, 2.45) is 0 Å². The third kappa shape index (κ3) is 21.3. The maximum atomic E-state index is 9.31. The number of hydrogen-bond donors (Lipinski definition) is 1. The maximum absolute atomic E-state index is 9.31. The summed E-state index contributed by atoms with van der Waals surface area (Å²) < 4.78 is 0. The molecule has 0 aromatic rings. The number of carbonyl (C=O) groups is 1. The normalized spacial score (nSPS) is 5.71. The quantitative estimate of drug-likeness (QED) is 0.529. The van der Waals surface area contributed by atoms with E-state index in [-0.39, 0.29) is 0 Å². The first kappa shape index (κ1) is 10.4. The van der Waals surface area contributed by atoms with Crippen molar-refractivity contribution < 1.29 is 26.2 Å². The summed E-state index contributed by atoms with van der Waals surface area (Å²) in [6.07, 6.45) is 1.08. The second-order valence-corrected chi connectivity index (χ2v) is 0.627. The molecule has 0 aromatic carbocycles. The fourth-order valence-corrected chi connectivity index (χ4v) is 0. The zero-order valence-corrected chi connectivity index (χ0v) is 8.57. The summed E-state index contributed by atoms with van der Waals surface area (Å²) in [5, 5.41) is 7.67. The molecule has 1 N–H and O–H groups in total. The Kier molecular flexibility index (Phi) is 14.4. The van der Waals surface area contributed by atoms with Gasteiger partial charge in [0.25, 0.3) is 0 Å². The average Bonchev–Trinajstić information content (AvgIpc) is 1.73. The molecule has 0 aliphatic rings. The molecule has 2 nitrogen and oxygen atoms in total. The molecule has 7 heavy (non-hydrogen) atoms. The zero-order valence-electron chi connectivity index (χ0n) is 4.02. The topological polar surface area (TPSA) is 37.3 Å². The summed E-state index contributed by atoms with van der Waals surface area (Å²) >= 11 is 4.25. The van der Waals surface area contributed by atoms with Gasteiger partial charge in [0.05, 0.1) is 0 Å². The third-order valence-electron chi connectivity index (χ3n) is 0.247. The molecule has 0 bridgehead atoms. The van der Waals surface area contributed by atoms with Crippen LogP contribution in [0, 0.1) is 6.42 Å². The van der Waals surface area contributed by atoms with Crippen LogP contribution in [-0.4, -0.2) is 11.1 Å². The van der Waals surface area contributed by atoms with Crippen LogP contribution >= 0.6 is 13.6 Å². The minimum absolute atomic E-state index is 0.870. The van der Waals surface area contributed by atoms with Gasteiger partial charge in [-0.3, -0.25) is 11.2 Å². The summed E-state index contributed by atoms with van der Waals surface area (Å²) in [5.41, 5.74) is 0. The van der Waals surface area contributed by atoms with Gasteiger partial charge in [-0.05, 0) is 0 Å². The molecule has 0 amide bonds. The first-order valence-corrected chi connectivity index (χ1v) is 8.51. The van der Waals surface area contributed by atoms with Crippen LogP contribution in [-0.2, 0) is 21.1 Å². The molecule has 0 rings (SSSR count). The average molecular weight is 218 g/mol. The minimum atomic E-state index is -0.870. The molecule has 0 aliphatic heterocycles.